The van der Waals surface area contributed by atoms with E-state index in [1.165, 1.54) is 188 Å². The van der Waals surface area contributed by atoms with Gasteiger partial charge in [0.05, 0.1) is 98.8 Å². The van der Waals surface area contributed by atoms with Crippen molar-refractivity contribution in [2.24, 2.45) is 23.3 Å². The zero-order valence-corrected chi connectivity index (χ0v) is 72.8. The number of ether oxygens (including phenoxy) is 4. The maximum absolute atomic E-state index is 13.7. The molecule has 0 aliphatic heterocycles. The van der Waals surface area contributed by atoms with Crippen molar-refractivity contribution in [1.82, 2.24) is 10.6 Å². The van der Waals surface area contributed by atoms with Crippen LogP contribution in [0, 0.1) is 39.0 Å². The summed E-state index contributed by atoms with van der Waals surface area (Å²) in [7, 11) is 0. The van der Waals surface area contributed by atoms with Crippen LogP contribution in [0.1, 0.15) is 165 Å². The van der Waals surface area contributed by atoms with Gasteiger partial charge in [0, 0.05) is 81.9 Å². The van der Waals surface area contributed by atoms with Gasteiger partial charge in [0.15, 0.2) is 46.1 Å². The van der Waals surface area contributed by atoms with E-state index in [0.29, 0.717) is 16.7 Å². The SMILES string of the molecule is CC(C)Oc1cc(C(=O)O)ccc1NC(=O)c1ccc(NC(=O)c2ccc(CC(=O)C(NC(=O)c3ccc(NC(=O)c4ccc([N+](=O)[O-])cc4)cc3)C(CO)C(N)=O)cc2)c(OC(C)C)c1O.Cc1ccc(NC(=O)c2ccc(NC(=O)c3ccc(CC(=O)C(NC(=O)c4ccc(NC(=O)c5ccc([N+](=O)[O-])cc5)cc4)C(CO)C(N)=O)cc3)c(OC(C)C)c2O)c(OC(C)C)c1O. The number of carbonyl (C=O) groups excluding carboxylic acids is 12. The number of aryl methyl sites for hydroxylation is 1. The van der Waals surface area contributed by atoms with Crippen LogP contribution < -0.4 is 72.9 Å². The Bertz CT molecular complexity index is 6090. The molecule has 39 nitrogen and oxygen atoms in total. The number of hydrogen-bond acceptors (Lipinski definition) is 26. The third kappa shape index (κ3) is 26.6. The number of nitrogens with zero attached hydrogens (tertiary/aromatic N) is 2. The van der Waals surface area contributed by atoms with Crippen LogP contribution in [-0.4, -0.2) is 167 Å². The average Bonchev–Trinajstić information content (AvgIpc) is 0.781. The van der Waals surface area contributed by atoms with E-state index in [4.69, 9.17) is 30.4 Å². The number of hydrogen-bond donors (Lipinski definition) is 16. The van der Waals surface area contributed by atoms with Gasteiger partial charge < -0.3 is 104 Å². The molecule has 39 heteroatoms. The number of phenols is 3. The van der Waals surface area contributed by atoms with Crippen molar-refractivity contribution in [3.63, 3.8) is 0 Å². The van der Waals surface area contributed by atoms with Gasteiger partial charge in [-0.1, -0.05) is 30.3 Å². The molecule has 0 aliphatic rings. The van der Waals surface area contributed by atoms with Gasteiger partial charge >= 0.3 is 5.97 Å². The Hall–Kier alpha value is -17.0. The number of phenolic OH excluding ortho intramolecular Hbond substituents is 3. The number of nitrogens with one attached hydrogen (secondary N) is 8. The van der Waals surface area contributed by atoms with E-state index in [-0.39, 0.29) is 149 Å². The summed E-state index contributed by atoms with van der Waals surface area (Å²) in [4.78, 5) is 190. The number of amides is 10. The molecule has 0 aliphatic carbocycles. The Morgan fingerprint density at radius 1 is 0.353 bits per heavy atom. The number of nitro groups is 2. The van der Waals surface area contributed by atoms with E-state index in [2.05, 4.69) is 42.5 Å². The number of Topliss-reactive ketones (excluding diaryl/α,β-unsaturated/α-hetero) is 2. The fourth-order valence-electron chi connectivity index (χ4n) is 12.9. The minimum atomic E-state index is -1.58. The monoisotopic (exact) mass is 1820 g/mol. The number of aromatic hydroxyl groups is 3. The van der Waals surface area contributed by atoms with Crippen LogP contribution in [0.3, 0.4) is 0 Å². The number of ketones is 2. The topological polar surface area (TPSA) is 615 Å². The number of non-ortho nitro benzene ring substituents is 2. The smallest absolute Gasteiger partial charge is 0.335 e. The van der Waals surface area contributed by atoms with Gasteiger partial charge in [-0.05, 0) is 225 Å². The van der Waals surface area contributed by atoms with Crippen molar-refractivity contribution in [3.05, 3.63) is 287 Å². The molecule has 10 aromatic rings. The first kappa shape index (κ1) is 99.8. The third-order valence-corrected chi connectivity index (χ3v) is 19.6. The van der Waals surface area contributed by atoms with E-state index < -0.39 is 147 Å². The maximum Gasteiger partial charge on any atom is 0.335 e. The molecule has 0 saturated heterocycles. The maximum atomic E-state index is 13.7. The van der Waals surface area contributed by atoms with Gasteiger partial charge in [-0.25, -0.2) is 4.79 Å². The van der Waals surface area contributed by atoms with E-state index in [9.17, 15) is 113 Å². The van der Waals surface area contributed by atoms with E-state index >= 15 is 0 Å². The van der Waals surface area contributed by atoms with Gasteiger partial charge in [0.1, 0.15) is 17.8 Å². The molecular formula is C94H94N12O27. The number of rotatable bonds is 39. The van der Waals surface area contributed by atoms with Gasteiger partial charge in [0.2, 0.25) is 11.8 Å². The molecule has 0 spiro atoms. The van der Waals surface area contributed by atoms with Crippen molar-refractivity contribution in [1.29, 1.82) is 0 Å². The zero-order valence-electron chi connectivity index (χ0n) is 72.8. The molecule has 0 saturated carbocycles. The van der Waals surface area contributed by atoms with Gasteiger partial charge in [-0.15, -0.1) is 0 Å². The lowest BCUT2D eigenvalue weighted by Crippen LogP contribution is -2.52. The number of aliphatic hydroxyl groups excluding tert-OH is 2. The minimum Gasteiger partial charge on any atom is -0.504 e. The summed E-state index contributed by atoms with van der Waals surface area (Å²) in [5, 5.41) is 105. The molecule has 0 fully saturated rings. The first-order valence-corrected chi connectivity index (χ1v) is 40.8. The van der Waals surface area contributed by atoms with Crippen LogP contribution in [0.2, 0.25) is 0 Å². The highest BCUT2D eigenvalue weighted by Crippen LogP contribution is 2.43. The van der Waals surface area contributed by atoms with Crippen LogP contribution in [0.4, 0.5) is 45.5 Å². The van der Waals surface area contributed by atoms with Crippen molar-refractivity contribution in [2.45, 2.75) is 112 Å². The average molecular weight is 1820 g/mol. The lowest BCUT2D eigenvalue weighted by molar-refractivity contribution is -0.385. The Balaban J connectivity index is 0.000000299. The van der Waals surface area contributed by atoms with Crippen molar-refractivity contribution < 1.29 is 122 Å². The van der Waals surface area contributed by atoms with Gasteiger partial charge in [-0.2, -0.15) is 0 Å². The summed E-state index contributed by atoms with van der Waals surface area (Å²) in [6, 6.07) is 41.3. The predicted molar refractivity (Wildman–Crippen MR) is 485 cm³/mol. The van der Waals surface area contributed by atoms with Gasteiger partial charge in [-0.3, -0.25) is 77.8 Å². The van der Waals surface area contributed by atoms with E-state index in [1.807, 2.05) is 0 Å². The number of primary amides is 2. The highest BCUT2D eigenvalue weighted by atomic mass is 16.6. The second kappa shape index (κ2) is 45.1. The minimum absolute atomic E-state index is 0.00312. The summed E-state index contributed by atoms with van der Waals surface area (Å²) < 4.78 is 23.1. The summed E-state index contributed by atoms with van der Waals surface area (Å²) >= 11 is 0. The first-order chi connectivity index (χ1) is 63.0. The summed E-state index contributed by atoms with van der Waals surface area (Å²) in [6.45, 7) is 13.6. The second-order valence-electron chi connectivity index (χ2n) is 30.9. The molecule has 692 valence electrons. The second-order valence-corrected chi connectivity index (χ2v) is 30.9. The standard InChI is InChI=1S/C47H46N6O14.C47H48N6O13/c1-24(2)66-38-22-30(47(62)63)13-19-35(38)50-46(61)33-18-20-36(41(40(33)56)67-25(3)4)51-44(59)27-7-5-26(6-8-27)21-37(55)39(34(23-54)42(48)57)52-45(60)28-9-14-31(15-10-28)49-43(58)29-11-16-32(17-12-29)53(64)65;1-24(2)65-41-35(20-6-26(5)39(41)56)51-47(62)33-19-21-36(42(40(33)57)66-25(3)4)50-45(60)28-9-7-27(8-10-28)22-37(55)38(34(23-54)43(48)58)52-46(61)29-11-15-31(16-12-29)49-44(59)30-13-17-32(18-14-30)53(63)64/h5-20,22,24-25,34,39,54,56H,21,23H2,1-4H3,(H2,48,57)(H,49,58)(H,50,61)(H,51,59)(H,52,60)(H,62,63);6-21,24-25,34,38,54,56-57H,22-23H2,1-5H3,(H2,48,58)(H,49,59)(H,50,60)(H,51,62)(H,52,61). The molecule has 0 heterocycles. The molecule has 10 aromatic carbocycles. The first-order valence-electron chi connectivity index (χ1n) is 40.8. The Kier molecular flexibility index (Phi) is 33.9. The van der Waals surface area contributed by atoms with E-state index in [1.54, 1.807) is 74.4 Å². The number of aromatic carboxylic acids is 1. The fourth-order valence-corrected chi connectivity index (χ4v) is 12.9. The number of anilines is 6. The lowest BCUT2D eigenvalue weighted by Gasteiger charge is -2.23. The fraction of sp³-hybridized carbons (Fsp3) is 0.223. The van der Waals surface area contributed by atoms with Crippen LogP contribution in [0.25, 0.3) is 0 Å². The van der Waals surface area contributed by atoms with Crippen LogP contribution >= 0.6 is 0 Å². The molecule has 10 rings (SSSR count). The van der Waals surface area contributed by atoms with Crippen LogP contribution in [0.5, 0.6) is 40.2 Å². The number of carbonyl (C=O) groups is 13. The number of aliphatic hydroxyl groups is 2. The molecule has 10 amide bonds. The zero-order chi connectivity index (χ0) is 97.5. The number of nitrogens with two attached hydrogens (primary N) is 2. The number of nitro benzene ring substituents is 2. The highest BCUT2D eigenvalue weighted by molar-refractivity contribution is 6.13. The summed E-state index contributed by atoms with van der Waals surface area (Å²) in [5.41, 5.74) is 12.8. The third-order valence-electron chi connectivity index (χ3n) is 19.6. The molecular weight excluding hydrogens is 1730 g/mol. The molecule has 0 bridgehead atoms. The normalized spacial score (nSPS) is 11.8. The summed E-state index contributed by atoms with van der Waals surface area (Å²) in [6.07, 6.45) is -2.47. The molecule has 0 aromatic heterocycles. The molecule has 0 radical (unpaired) electrons. The molecule has 4 atom stereocenters. The number of carboxylic acids is 1. The quantitative estimate of drug-likeness (QED) is 0.0126. The predicted octanol–water partition coefficient (Wildman–Crippen LogP) is 11.0. The van der Waals surface area contributed by atoms with Crippen molar-refractivity contribution in [2.75, 3.05) is 45.1 Å². The van der Waals surface area contributed by atoms with Gasteiger partial charge in [0.25, 0.3) is 58.6 Å². The van der Waals surface area contributed by atoms with Crippen LogP contribution in [-0.2, 0) is 32.0 Å². The van der Waals surface area contributed by atoms with Crippen molar-refractivity contribution in [3.8, 4) is 40.2 Å². The Labute approximate surface area is 758 Å². The largest absolute Gasteiger partial charge is 0.504 e. The molecule has 4 unspecified atom stereocenters. The Morgan fingerprint density at radius 2 is 0.639 bits per heavy atom. The van der Waals surface area contributed by atoms with Crippen molar-refractivity contribution >= 4 is 122 Å². The molecule has 133 heavy (non-hydrogen) atoms. The summed E-state index contributed by atoms with van der Waals surface area (Å²) in [5.74, 6) is -15.0. The number of benzene rings is 10. The molecule has 18 N–H and O–H groups in total. The van der Waals surface area contributed by atoms with Crippen LogP contribution in [0.15, 0.2) is 200 Å². The Morgan fingerprint density at radius 3 is 0.962 bits per heavy atom. The lowest BCUT2D eigenvalue weighted by atomic mass is 9.91. The number of carboxylic acid groups (broad SMARTS) is 1. The highest BCUT2D eigenvalue weighted by Gasteiger charge is 2.37. The van der Waals surface area contributed by atoms with E-state index in [0.717, 1.165) is 0 Å².